The molecule has 0 spiro atoms. The van der Waals surface area contributed by atoms with Crippen LogP contribution in [0.1, 0.15) is 22.3 Å². The number of esters is 1. The zero-order chi connectivity index (χ0) is 17.9. The van der Waals surface area contributed by atoms with E-state index in [0.717, 1.165) is 44.0 Å². The zero-order valence-electron chi connectivity index (χ0n) is 15.1. The summed E-state index contributed by atoms with van der Waals surface area (Å²) in [4.78, 5) is 15.6. The molecule has 1 heterocycles. The molecule has 2 aromatic rings. The van der Waals surface area contributed by atoms with Gasteiger partial charge in [0.05, 0.1) is 12.7 Å². The molecule has 0 aliphatic carbocycles. The van der Waals surface area contributed by atoms with Gasteiger partial charge >= 0.3 is 5.97 Å². The molecule has 0 saturated carbocycles. The van der Waals surface area contributed by atoms with Crippen molar-refractivity contribution in [2.75, 3.05) is 27.2 Å². The Hall–Kier alpha value is -2.10. The van der Waals surface area contributed by atoms with E-state index in [2.05, 4.69) is 20.7 Å². The number of aromatic nitrogens is 2. The fourth-order valence-electron chi connectivity index (χ4n) is 2.35. The minimum Gasteiger partial charge on any atom is -0.465 e. The molecule has 1 aromatic heterocycles. The van der Waals surface area contributed by atoms with Crippen LogP contribution in [0.25, 0.3) is 0 Å². The third-order valence-corrected chi connectivity index (χ3v) is 3.72. The molecule has 0 aliphatic rings. The van der Waals surface area contributed by atoms with Crippen LogP contribution in [-0.2, 0) is 17.7 Å². The monoisotopic (exact) mass is 471 g/mol. The Morgan fingerprint density at radius 1 is 1.23 bits per heavy atom. The van der Waals surface area contributed by atoms with E-state index in [1.165, 1.54) is 7.11 Å². The van der Waals surface area contributed by atoms with Crippen LogP contribution in [0, 0.1) is 0 Å². The summed E-state index contributed by atoms with van der Waals surface area (Å²) in [6.07, 6.45) is 5.55. The van der Waals surface area contributed by atoms with Gasteiger partial charge in [-0.25, -0.2) is 4.79 Å². The maximum Gasteiger partial charge on any atom is 0.337 e. The number of guanidine groups is 1. The molecule has 1 aromatic carbocycles. The normalized spacial score (nSPS) is 10.8. The molecule has 0 bridgehead atoms. The van der Waals surface area contributed by atoms with E-state index in [4.69, 9.17) is 4.74 Å². The second kappa shape index (κ2) is 12.3. The van der Waals surface area contributed by atoms with Crippen molar-refractivity contribution >= 4 is 35.9 Å². The third kappa shape index (κ3) is 7.42. The first-order valence-electron chi connectivity index (χ1n) is 8.32. The molecule has 0 amide bonds. The molecule has 2 N–H and O–H groups in total. The highest BCUT2D eigenvalue weighted by Gasteiger charge is 2.04. The van der Waals surface area contributed by atoms with Crippen molar-refractivity contribution in [1.82, 2.24) is 20.4 Å². The van der Waals surface area contributed by atoms with Crippen LogP contribution in [-0.4, -0.2) is 49.0 Å². The Labute approximate surface area is 171 Å². The first-order chi connectivity index (χ1) is 12.2. The SMILES string of the molecule is CN=C(NCCCn1cccn1)NCCc1ccc(C(=O)OC)cc1.I. The molecule has 142 valence electrons. The number of rotatable bonds is 8. The second-order valence-corrected chi connectivity index (χ2v) is 5.49. The number of hydrogen-bond acceptors (Lipinski definition) is 4. The topological polar surface area (TPSA) is 80.5 Å². The van der Waals surface area contributed by atoms with E-state index < -0.39 is 0 Å². The highest BCUT2D eigenvalue weighted by Crippen LogP contribution is 2.06. The number of nitrogens with zero attached hydrogens (tertiary/aromatic N) is 3. The van der Waals surface area contributed by atoms with Gasteiger partial charge in [0.2, 0.25) is 0 Å². The summed E-state index contributed by atoms with van der Waals surface area (Å²) in [5, 5.41) is 10.7. The van der Waals surface area contributed by atoms with Crippen molar-refractivity contribution in [3.8, 4) is 0 Å². The highest BCUT2D eigenvalue weighted by atomic mass is 127. The van der Waals surface area contributed by atoms with Crippen LogP contribution in [0.5, 0.6) is 0 Å². The number of carbonyl (C=O) groups excluding carboxylic acids is 1. The van der Waals surface area contributed by atoms with Crippen LogP contribution in [0.4, 0.5) is 0 Å². The minimum absolute atomic E-state index is 0. The lowest BCUT2D eigenvalue weighted by atomic mass is 10.1. The van der Waals surface area contributed by atoms with Gasteiger partial charge < -0.3 is 15.4 Å². The molecule has 0 saturated heterocycles. The first kappa shape index (κ1) is 21.9. The van der Waals surface area contributed by atoms with Gasteiger partial charge in [0, 0.05) is 39.1 Å². The Bertz CT molecular complexity index is 671. The lowest BCUT2D eigenvalue weighted by Gasteiger charge is -2.12. The number of aryl methyl sites for hydroxylation is 1. The van der Waals surface area contributed by atoms with Crippen molar-refractivity contribution in [2.24, 2.45) is 4.99 Å². The molecular formula is C18H26IN5O2. The number of halogens is 1. The number of ether oxygens (including phenoxy) is 1. The van der Waals surface area contributed by atoms with E-state index in [1.807, 2.05) is 29.1 Å². The average Bonchev–Trinajstić information content (AvgIpc) is 3.17. The smallest absolute Gasteiger partial charge is 0.337 e. The van der Waals surface area contributed by atoms with Gasteiger partial charge in [0.15, 0.2) is 5.96 Å². The van der Waals surface area contributed by atoms with Gasteiger partial charge in [-0.2, -0.15) is 5.10 Å². The summed E-state index contributed by atoms with van der Waals surface area (Å²) in [7, 11) is 3.14. The lowest BCUT2D eigenvalue weighted by Crippen LogP contribution is -2.39. The van der Waals surface area contributed by atoms with Crippen LogP contribution >= 0.6 is 24.0 Å². The number of methoxy groups -OCH3 is 1. The van der Waals surface area contributed by atoms with Gasteiger partial charge in [-0.3, -0.25) is 9.67 Å². The van der Waals surface area contributed by atoms with Gasteiger partial charge in [0.1, 0.15) is 0 Å². The summed E-state index contributed by atoms with van der Waals surface area (Å²) in [5.41, 5.74) is 1.71. The Morgan fingerprint density at radius 2 is 1.96 bits per heavy atom. The van der Waals surface area contributed by atoms with Crippen LogP contribution in [0.3, 0.4) is 0 Å². The quantitative estimate of drug-likeness (QED) is 0.203. The standard InChI is InChI=1S/C18H25N5O2.HI/c1-19-18(20-10-3-13-23-14-4-11-22-23)21-12-9-15-5-7-16(8-6-15)17(24)25-2;/h4-8,11,14H,3,9-10,12-13H2,1-2H3,(H2,19,20,21);1H. The predicted octanol–water partition coefficient (Wildman–Crippen LogP) is 2.09. The average molecular weight is 471 g/mol. The molecule has 26 heavy (non-hydrogen) atoms. The fourth-order valence-corrected chi connectivity index (χ4v) is 2.35. The maximum absolute atomic E-state index is 11.4. The lowest BCUT2D eigenvalue weighted by molar-refractivity contribution is 0.0600. The molecule has 0 unspecified atom stereocenters. The van der Waals surface area contributed by atoms with Crippen molar-refractivity contribution in [2.45, 2.75) is 19.4 Å². The van der Waals surface area contributed by atoms with E-state index in [1.54, 1.807) is 25.4 Å². The summed E-state index contributed by atoms with van der Waals surface area (Å²) in [5.74, 6) is 0.469. The minimum atomic E-state index is -0.315. The molecule has 2 rings (SSSR count). The Kier molecular flexibility index (Phi) is 10.4. The number of hydrogen-bond donors (Lipinski definition) is 2. The Morgan fingerprint density at radius 3 is 2.58 bits per heavy atom. The van der Waals surface area contributed by atoms with Crippen molar-refractivity contribution in [1.29, 1.82) is 0 Å². The largest absolute Gasteiger partial charge is 0.465 e. The van der Waals surface area contributed by atoms with Gasteiger partial charge in [-0.15, -0.1) is 24.0 Å². The first-order valence-corrected chi connectivity index (χ1v) is 8.32. The van der Waals surface area contributed by atoms with E-state index in [-0.39, 0.29) is 29.9 Å². The molecular weight excluding hydrogens is 445 g/mol. The number of nitrogens with one attached hydrogen (secondary N) is 2. The number of carbonyl (C=O) groups is 1. The van der Waals surface area contributed by atoms with E-state index in [9.17, 15) is 4.79 Å². The third-order valence-electron chi connectivity index (χ3n) is 3.72. The van der Waals surface area contributed by atoms with Crippen LogP contribution in [0.2, 0.25) is 0 Å². The second-order valence-electron chi connectivity index (χ2n) is 5.49. The van der Waals surface area contributed by atoms with Crippen molar-refractivity contribution < 1.29 is 9.53 Å². The van der Waals surface area contributed by atoms with Crippen LogP contribution in [0.15, 0.2) is 47.7 Å². The molecule has 7 nitrogen and oxygen atoms in total. The molecule has 0 aliphatic heterocycles. The molecule has 0 atom stereocenters. The Balaban J connectivity index is 0.00000338. The van der Waals surface area contributed by atoms with Crippen molar-refractivity contribution in [3.05, 3.63) is 53.9 Å². The zero-order valence-corrected chi connectivity index (χ0v) is 17.5. The maximum atomic E-state index is 11.4. The van der Waals surface area contributed by atoms with Crippen molar-refractivity contribution in [3.63, 3.8) is 0 Å². The van der Waals surface area contributed by atoms with Gasteiger partial charge in [-0.05, 0) is 36.6 Å². The summed E-state index contributed by atoms with van der Waals surface area (Å²) >= 11 is 0. The van der Waals surface area contributed by atoms with E-state index in [0.29, 0.717) is 5.56 Å². The molecule has 0 fully saturated rings. The summed E-state index contributed by atoms with van der Waals surface area (Å²) < 4.78 is 6.61. The number of benzene rings is 1. The van der Waals surface area contributed by atoms with Crippen LogP contribution < -0.4 is 10.6 Å². The fraction of sp³-hybridized carbons (Fsp3) is 0.389. The highest BCUT2D eigenvalue weighted by molar-refractivity contribution is 14.0. The summed E-state index contributed by atoms with van der Waals surface area (Å²) in [6.45, 7) is 2.47. The van der Waals surface area contributed by atoms with Gasteiger partial charge in [-0.1, -0.05) is 12.1 Å². The molecule has 0 radical (unpaired) electrons. The molecule has 8 heteroatoms. The van der Waals surface area contributed by atoms with Gasteiger partial charge in [0.25, 0.3) is 0 Å². The van der Waals surface area contributed by atoms with E-state index >= 15 is 0 Å². The number of aliphatic imine (C=N–C) groups is 1. The predicted molar refractivity (Wildman–Crippen MR) is 113 cm³/mol. The summed E-state index contributed by atoms with van der Waals surface area (Å²) in [6, 6.07) is 9.36.